The van der Waals surface area contributed by atoms with E-state index in [4.69, 9.17) is 21.1 Å². The van der Waals surface area contributed by atoms with E-state index in [1.165, 1.54) is 6.21 Å². The zero-order valence-corrected chi connectivity index (χ0v) is 24.0. The number of nitrogens with one attached hydrogen (secondary N) is 2. The molecule has 40 heavy (non-hydrogen) atoms. The van der Waals surface area contributed by atoms with Crippen LogP contribution in [0.25, 0.3) is 6.08 Å². The normalized spacial score (nSPS) is 11.3. The molecule has 3 rings (SSSR count). The lowest BCUT2D eigenvalue weighted by molar-refractivity contribution is -0.117. The summed E-state index contributed by atoms with van der Waals surface area (Å²) in [5.41, 5.74) is 5.26. The van der Waals surface area contributed by atoms with Gasteiger partial charge >= 0.3 is 0 Å². The van der Waals surface area contributed by atoms with Crippen molar-refractivity contribution in [2.24, 2.45) is 5.10 Å². The molecule has 0 atom stereocenters. The van der Waals surface area contributed by atoms with Gasteiger partial charge in [-0.25, -0.2) is 5.43 Å². The molecular formula is C31H35ClN4O4. The Bertz CT molecular complexity index is 1350. The van der Waals surface area contributed by atoms with Crippen LogP contribution in [0.2, 0.25) is 5.02 Å². The number of hydrazone groups is 1. The predicted molar refractivity (Wildman–Crippen MR) is 161 cm³/mol. The molecular weight excluding hydrogens is 528 g/mol. The van der Waals surface area contributed by atoms with Crippen molar-refractivity contribution in [1.82, 2.24) is 10.7 Å². The average molecular weight is 563 g/mol. The molecule has 3 aromatic carbocycles. The van der Waals surface area contributed by atoms with Crippen molar-refractivity contribution in [3.05, 3.63) is 94.1 Å². The lowest BCUT2D eigenvalue weighted by Gasteiger charge is -2.21. The second kappa shape index (κ2) is 15.3. The Morgan fingerprint density at radius 2 is 1.52 bits per heavy atom. The predicted octanol–water partition coefficient (Wildman–Crippen LogP) is 5.90. The maximum absolute atomic E-state index is 13.2. The van der Waals surface area contributed by atoms with Crippen molar-refractivity contribution in [2.45, 2.75) is 27.7 Å². The molecule has 0 saturated heterocycles. The zero-order valence-electron chi connectivity index (χ0n) is 23.2. The standard InChI is InChI=1S/C31H35ClN4O4/c1-5-36(6-2)24-16-13-22(14-17-24)19-27(34-30(37)25-11-9-10-12-26(25)32)31(38)35-33-21-23-15-18-28(39-7-3)29(20-23)40-8-4/h9-21H,5-8H2,1-4H3,(H,34,37)(H,35,38)/b27-19+,33-21-. The van der Waals surface area contributed by atoms with Gasteiger partial charge in [0.2, 0.25) is 0 Å². The van der Waals surface area contributed by atoms with E-state index < -0.39 is 11.8 Å². The van der Waals surface area contributed by atoms with Crippen molar-refractivity contribution in [3.63, 3.8) is 0 Å². The minimum absolute atomic E-state index is 0.0133. The number of ether oxygens (including phenoxy) is 2. The number of hydrogen-bond donors (Lipinski definition) is 2. The number of nitrogens with zero attached hydrogens (tertiary/aromatic N) is 2. The molecule has 0 radical (unpaired) electrons. The molecule has 2 amide bonds. The van der Waals surface area contributed by atoms with Gasteiger partial charge in [-0.1, -0.05) is 35.9 Å². The van der Waals surface area contributed by atoms with Crippen molar-refractivity contribution >= 4 is 41.4 Å². The highest BCUT2D eigenvalue weighted by Crippen LogP contribution is 2.28. The summed E-state index contributed by atoms with van der Waals surface area (Å²) >= 11 is 6.21. The van der Waals surface area contributed by atoms with Crippen LogP contribution in [0.1, 0.15) is 49.2 Å². The lowest BCUT2D eigenvalue weighted by atomic mass is 10.1. The summed E-state index contributed by atoms with van der Waals surface area (Å²) in [6, 6.07) is 19.7. The Kier molecular flexibility index (Phi) is 11.6. The van der Waals surface area contributed by atoms with Gasteiger partial charge in [0.25, 0.3) is 11.8 Å². The van der Waals surface area contributed by atoms with Crippen molar-refractivity contribution in [3.8, 4) is 11.5 Å². The molecule has 0 saturated carbocycles. The summed E-state index contributed by atoms with van der Waals surface area (Å²) in [5.74, 6) is 0.106. The summed E-state index contributed by atoms with van der Waals surface area (Å²) < 4.78 is 11.2. The Hall–Kier alpha value is -4.30. The minimum atomic E-state index is -0.597. The van der Waals surface area contributed by atoms with Gasteiger partial charge in [0.05, 0.1) is 30.0 Å². The molecule has 0 aliphatic heterocycles. The monoisotopic (exact) mass is 562 g/mol. The molecule has 0 aromatic heterocycles. The molecule has 0 bridgehead atoms. The number of amides is 2. The highest BCUT2D eigenvalue weighted by atomic mass is 35.5. The molecule has 8 nitrogen and oxygen atoms in total. The van der Waals surface area contributed by atoms with Gasteiger partial charge in [-0.05, 0) is 87.4 Å². The van der Waals surface area contributed by atoms with Crippen molar-refractivity contribution < 1.29 is 19.1 Å². The van der Waals surface area contributed by atoms with Gasteiger partial charge in [0.1, 0.15) is 5.70 Å². The van der Waals surface area contributed by atoms with E-state index in [1.807, 2.05) is 38.1 Å². The average Bonchev–Trinajstić information content (AvgIpc) is 2.96. The van der Waals surface area contributed by atoms with Gasteiger partial charge in [-0.15, -0.1) is 0 Å². The van der Waals surface area contributed by atoms with Crippen LogP contribution in [0, 0.1) is 0 Å². The van der Waals surface area contributed by atoms with E-state index in [9.17, 15) is 9.59 Å². The molecule has 9 heteroatoms. The van der Waals surface area contributed by atoms with E-state index in [0.717, 1.165) is 24.3 Å². The van der Waals surface area contributed by atoms with Crippen LogP contribution in [0.3, 0.4) is 0 Å². The molecule has 0 aliphatic carbocycles. The van der Waals surface area contributed by atoms with E-state index in [1.54, 1.807) is 48.5 Å². The quantitative estimate of drug-likeness (QED) is 0.154. The van der Waals surface area contributed by atoms with Gasteiger partial charge in [0.15, 0.2) is 11.5 Å². The Morgan fingerprint density at radius 3 is 2.17 bits per heavy atom. The number of benzene rings is 3. The molecule has 0 fully saturated rings. The third-order valence-electron chi connectivity index (χ3n) is 5.89. The molecule has 0 spiro atoms. The fourth-order valence-corrected chi connectivity index (χ4v) is 4.13. The van der Waals surface area contributed by atoms with Crippen LogP contribution in [-0.2, 0) is 4.79 Å². The summed E-state index contributed by atoms with van der Waals surface area (Å²) in [7, 11) is 0. The molecule has 2 N–H and O–H groups in total. The Labute approximate surface area is 240 Å². The molecule has 210 valence electrons. The SMILES string of the molecule is CCOc1ccc(/C=N\NC(=O)/C(=C\c2ccc(N(CC)CC)cc2)NC(=O)c2ccccc2Cl)cc1OCC. The Morgan fingerprint density at radius 1 is 0.875 bits per heavy atom. The van der Waals surface area contributed by atoms with E-state index in [0.29, 0.717) is 30.3 Å². The van der Waals surface area contributed by atoms with Gasteiger partial charge in [-0.2, -0.15) is 5.10 Å². The highest BCUT2D eigenvalue weighted by molar-refractivity contribution is 6.34. The Balaban J connectivity index is 1.84. The fourth-order valence-electron chi connectivity index (χ4n) is 3.90. The first-order valence-corrected chi connectivity index (χ1v) is 13.6. The van der Waals surface area contributed by atoms with Gasteiger partial charge < -0.3 is 19.7 Å². The van der Waals surface area contributed by atoms with Crippen LogP contribution in [0.4, 0.5) is 5.69 Å². The molecule has 0 heterocycles. The first-order valence-electron chi connectivity index (χ1n) is 13.3. The maximum Gasteiger partial charge on any atom is 0.287 e. The molecule has 0 unspecified atom stereocenters. The van der Waals surface area contributed by atoms with Crippen LogP contribution >= 0.6 is 11.6 Å². The summed E-state index contributed by atoms with van der Waals surface area (Å²) in [6.07, 6.45) is 3.08. The van der Waals surface area contributed by atoms with Crippen LogP contribution in [0.5, 0.6) is 11.5 Å². The zero-order chi connectivity index (χ0) is 28.9. The van der Waals surface area contributed by atoms with Crippen molar-refractivity contribution in [1.29, 1.82) is 0 Å². The van der Waals surface area contributed by atoms with Gasteiger partial charge in [-0.3, -0.25) is 9.59 Å². The number of carbonyl (C=O) groups excluding carboxylic acids is 2. The van der Waals surface area contributed by atoms with E-state index in [2.05, 4.69) is 34.6 Å². The molecule has 0 aliphatic rings. The van der Waals surface area contributed by atoms with E-state index >= 15 is 0 Å². The van der Waals surface area contributed by atoms with Crippen LogP contribution in [-0.4, -0.2) is 44.3 Å². The fraction of sp³-hybridized carbons (Fsp3) is 0.258. The lowest BCUT2D eigenvalue weighted by Crippen LogP contribution is -2.33. The highest BCUT2D eigenvalue weighted by Gasteiger charge is 2.16. The number of hydrogen-bond acceptors (Lipinski definition) is 6. The van der Waals surface area contributed by atoms with E-state index in [-0.39, 0.29) is 16.3 Å². The smallest absolute Gasteiger partial charge is 0.287 e. The van der Waals surface area contributed by atoms with Crippen LogP contribution < -0.4 is 25.1 Å². The first-order chi connectivity index (χ1) is 19.4. The number of carbonyl (C=O) groups is 2. The third kappa shape index (κ3) is 8.35. The largest absolute Gasteiger partial charge is 0.490 e. The second-order valence-corrected chi connectivity index (χ2v) is 8.93. The van der Waals surface area contributed by atoms with Gasteiger partial charge in [0, 0.05) is 18.8 Å². The summed E-state index contributed by atoms with van der Waals surface area (Å²) in [6.45, 7) is 10.7. The summed E-state index contributed by atoms with van der Waals surface area (Å²) in [4.78, 5) is 28.4. The minimum Gasteiger partial charge on any atom is -0.490 e. The maximum atomic E-state index is 13.2. The van der Waals surface area contributed by atoms with Crippen molar-refractivity contribution in [2.75, 3.05) is 31.2 Å². The third-order valence-corrected chi connectivity index (χ3v) is 6.22. The van der Waals surface area contributed by atoms with Crippen LogP contribution in [0.15, 0.2) is 77.5 Å². The number of rotatable bonds is 13. The summed E-state index contributed by atoms with van der Waals surface area (Å²) in [5, 5.41) is 7.05. The second-order valence-electron chi connectivity index (χ2n) is 8.53. The molecule has 3 aromatic rings. The number of anilines is 1. The number of halogens is 1. The topological polar surface area (TPSA) is 92.3 Å². The first kappa shape index (κ1) is 30.2.